The summed E-state index contributed by atoms with van der Waals surface area (Å²) in [6.45, 7) is 2.45. The Morgan fingerprint density at radius 1 is 1.00 bits per heavy atom. The van der Waals surface area contributed by atoms with Gasteiger partial charge >= 0.3 is 0 Å². The molecule has 4 aromatic rings. The second kappa shape index (κ2) is 6.53. The lowest BCUT2D eigenvalue weighted by molar-refractivity contribution is 0.331. The molecular formula is C19H15ClN4O. The van der Waals surface area contributed by atoms with E-state index < -0.39 is 0 Å². The number of fused-ring (bicyclic) bond motifs is 1. The van der Waals surface area contributed by atoms with Crippen LogP contribution in [0.2, 0.25) is 5.02 Å². The largest absolute Gasteiger partial charge is 0.477 e. The summed E-state index contributed by atoms with van der Waals surface area (Å²) in [7, 11) is 0. The van der Waals surface area contributed by atoms with Crippen LogP contribution < -0.4 is 4.74 Å². The van der Waals surface area contributed by atoms with Gasteiger partial charge in [-0.25, -0.2) is 9.67 Å². The van der Waals surface area contributed by atoms with E-state index in [1.54, 1.807) is 10.9 Å². The summed E-state index contributed by atoms with van der Waals surface area (Å²) in [4.78, 5) is 9.30. The number of ether oxygens (including phenoxy) is 1. The van der Waals surface area contributed by atoms with Gasteiger partial charge in [-0.15, -0.1) is 0 Å². The van der Waals surface area contributed by atoms with Gasteiger partial charge in [0, 0.05) is 10.6 Å². The Labute approximate surface area is 149 Å². The summed E-state index contributed by atoms with van der Waals surface area (Å²) in [5, 5.41) is 5.91. The van der Waals surface area contributed by atoms with Crippen molar-refractivity contribution in [3.8, 4) is 23.0 Å². The van der Waals surface area contributed by atoms with Crippen molar-refractivity contribution < 1.29 is 4.74 Å². The van der Waals surface area contributed by atoms with Gasteiger partial charge in [-0.3, -0.25) is 0 Å². The van der Waals surface area contributed by atoms with E-state index in [1.807, 2.05) is 61.5 Å². The average molecular weight is 351 g/mol. The highest BCUT2D eigenvalue weighted by Gasteiger charge is 2.15. The lowest BCUT2D eigenvalue weighted by atomic mass is 10.2. The van der Waals surface area contributed by atoms with Crippen LogP contribution in [0.5, 0.6) is 5.88 Å². The fourth-order valence-corrected chi connectivity index (χ4v) is 2.74. The zero-order valence-electron chi connectivity index (χ0n) is 13.6. The molecule has 5 nitrogen and oxygen atoms in total. The first-order chi connectivity index (χ1) is 12.3. The number of hydrogen-bond acceptors (Lipinski definition) is 4. The molecule has 0 amide bonds. The minimum atomic E-state index is 0.520. The Balaban J connectivity index is 1.94. The SMILES string of the molecule is CCOc1nc(-c2ccccc2)nc2c1cnn2-c1ccc(Cl)cc1. The zero-order chi connectivity index (χ0) is 17.2. The van der Waals surface area contributed by atoms with Crippen LogP contribution in [0.4, 0.5) is 0 Å². The van der Waals surface area contributed by atoms with E-state index in [0.29, 0.717) is 29.0 Å². The molecular weight excluding hydrogens is 336 g/mol. The van der Waals surface area contributed by atoms with Gasteiger partial charge in [0.25, 0.3) is 0 Å². The predicted molar refractivity (Wildman–Crippen MR) is 98.3 cm³/mol. The molecule has 4 rings (SSSR count). The molecule has 0 aliphatic rings. The molecule has 0 atom stereocenters. The normalized spacial score (nSPS) is 11.0. The van der Waals surface area contributed by atoms with E-state index in [4.69, 9.17) is 21.3 Å². The van der Waals surface area contributed by atoms with Crippen LogP contribution in [-0.4, -0.2) is 26.4 Å². The molecule has 2 aromatic heterocycles. The molecule has 0 aliphatic heterocycles. The third-order valence-electron chi connectivity index (χ3n) is 3.78. The van der Waals surface area contributed by atoms with Crippen LogP contribution in [0.1, 0.15) is 6.92 Å². The Kier molecular flexibility index (Phi) is 4.07. The van der Waals surface area contributed by atoms with E-state index in [-0.39, 0.29) is 0 Å². The molecule has 6 heteroatoms. The van der Waals surface area contributed by atoms with E-state index in [9.17, 15) is 0 Å². The van der Waals surface area contributed by atoms with Crippen molar-refractivity contribution in [2.45, 2.75) is 6.92 Å². The minimum absolute atomic E-state index is 0.520. The highest BCUT2D eigenvalue weighted by molar-refractivity contribution is 6.30. The molecule has 0 aliphatic carbocycles. The smallest absolute Gasteiger partial charge is 0.228 e. The summed E-state index contributed by atoms with van der Waals surface area (Å²) < 4.78 is 7.49. The van der Waals surface area contributed by atoms with Crippen molar-refractivity contribution >= 4 is 22.6 Å². The number of aromatic nitrogens is 4. The molecule has 0 fully saturated rings. The van der Waals surface area contributed by atoms with E-state index in [1.165, 1.54) is 0 Å². The molecule has 0 spiro atoms. The maximum absolute atomic E-state index is 5.99. The summed E-state index contributed by atoms with van der Waals surface area (Å²) in [6, 6.07) is 17.3. The van der Waals surface area contributed by atoms with Gasteiger partial charge in [-0.2, -0.15) is 10.1 Å². The standard InChI is InChI=1S/C19H15ClN4O/c1-2-25-19-16-12-21-24(15-10-8-14(20)9-11-15)18(16)22-17(23-19)13-6-4-3-5-7-13/h3-12H,2H2,1H3. The Bertz CT molecular complexity index is 1010. The number of hydrogen-bond donors (Lipinski definition) is 0. The maximum Gasteiger partial charge on any atom is 0.228 e. The summed E-state index contributed by atoms with van der Waals surface area (Å²) in [5.74, 6) is 1.14. The highest BCUT2D eigenvalue weighted by Crippen LogP contribution is 2.28. The van der Waals surface area contributed by atoms with Crippen molar-refractivity contribution in [1.82, 2.24) is 19.7 Å². The lowest BCUT2D eigenvalue weighted by Crippen LogP contribution is -2.02. The molecule has 124 valence electrons. The summed E-state index contributed by atoms with van der Waals surface area (Å²) in [5.41, 5.74) is 2.49. The molecule has 2 heterocycles. The van der Waals surface area contributed by atoms with Crippen LogP contribution >= 0.6 is 11.6 Å². The predicted octanol–water partition coefficient (Wildman–Crippen LogP) is 4.53. The first-order valence-corrected chi connectivity index (χ1v) is 8.34. The van der Waals surface area contributed by atoms with Crippen molar-refractivity contribution in [2.75, 3.05) is 6.61 Å². The second-order valence-corrected chi connectivity index (χ2v) is 5.86. The first kappa shape index (κ1) is 15.6. The number of nitrogens with zero attached hydrogens (tertiary/aromatic N) is 4. The van der Waals surface area contributed by atoms with Crippen LogP contribution in [0.15, 0.2) is 60.8 Å². The summed E-state index contributed by atoms with van der Waals surface area (Å²) in [6.07, 6.45) is 1.73. The van der Waals surface area contributed by atoms with Gasteiger partial charge in [0.05, 0.1) is 18.5 Å². The Morgan fingerprint density at radius 2 is 1.76 bits per heavy atom. The Morgan fingerprint density at radius 3 is 2.48 bits per heavy atom. The van der Waals surface area contributed by atoms with Gasteiger partial charge in [0.1, 0.15) is 5.39 Å². The molecule has 2 aromatic carbocycles. The van der Waals surface area contributed by atoms with Crippen LogP contribution in [0, 0.1) is 0 Å². The molecule has 0 N–H and O–H groups in total. The number of halogens is 1. The third kappa shape index (κ3) is 2.94. The molecule has 0 radical (unpaired) electrons. The molecule has 0 bridgehead atoms. The van der Waals surface area contributed by atoms with E-state index in [2.05, 4.69) is 10.1 Å². The number of benzene rings is 2. The molecule has 0 saturated carbocycles. The fourth-order valence-electron chi connectivity index (χ4n) is 2.62. The molecule has 0 unspecified atom stereocenters. The van der Waals surface area contributed by atoms with Gasteiger partial charge in [0.15, 0.2) is 11.5 Å². The lowest BCUT2D eigenvalue weighted by Gasteiger charge is -2.08. The molecule has 0 saturated heterocycles. The van der Waals surface area contributed by atoms with E-state index >= 15 is 0 Å². The fraction of sp³-hybridized carbons (Fsp3) is 0.105. The van der Waals surface area contributed by atoms with Crippen molar-refractivity contribution in [2.24, 2.45) is 0 Å². The van der Waals surface area contributed by atoms with Crippen LogP contribution in [-0.2, 0) is 0 Å². The monoisotopic (exact) mass is 350 g/mol. The number of rotatable bonds is 4. The maximum atomic E-state index is 5.99. The van der Waals surface area contributed by atoms with E-state index in [0.717, 1.165) is 16.6 Å². The first-order valence-electron chi connectivity index (χ1n) is 7.96. The van der Waals surface area contributed by atoms with Crippen LogP contribution in [0.3, 0.4) is 0 Å². The van der Waals surface area contributed by atoms with Gasteiger partial charge < -0.3 is 4.74 Å². The third-order valence-corrected chi connectivity index (χ3v) is 4.03. The second-order valence-electron chi connectivity index (χ2n) is 5.42. The van der Waals surface area contributed by atoms with Gasteiger partial charge in [0.2, 0.25) is 5.88 Å². The van der Waals surface area contributed by atoms with Crippen LogP contribution in [0.25, 0.3) is 28.1 Å². The van der Waals surface area contributed by atoms with Crippen molar-refractivity contribution in [3.63, 3.8) is 0 Å². The summed E-state index contributed by atoms with van der Waals surface area (Å²) >= 11 is 5.99. The topological polar surface area (TPSA) is 52.8 Å². The van der Waals surface area contributed by atoms with Gasteiger partial charge in [-0.1, -0.05) is 41.9 Å². The van der Waals surface area contributed by atoms with Gasteiger partial charge in [-0.05, 0) is 31.2 Å². The highest BCUT2D eigenvalue weighted by atomic mass is 35.5. The quantitative estimate of drug-likeness (QED) is 0.542. The van der Waals surface area contributed by atoms with Crippen molar-refractivity contribution in [3.05, 3.63) is 65.8 Å². The zero-order valence-corrected chi connectivity index (χ0v) is 14.3. The average Bonchev–Trinajstić information content (AvgIpc) is 3.08. The minimum Gasteiger partial charge on any atom is -0.477 e. The Hall–Kier alpha value is -2.92. The van der Waals surface area contributed by atoms with Crippen molar-refractivity contribution in [1.29, 1.82) is 0 Å². The molecule has 25 heavy (non-hydrogen) atoms.